The van der Waals surface area contributed by atoms with Crippen molar-refractivity contribution < 1.29 is 22.5 Å². The number of hydrogen-bond donors (Lipinski definition) is 1. The van der Waals surface area contributed by atoms with Crippen molar-refractivity contribution in [3.63, 3.8) is 0 Å². The van der Waals surface area contributed by atoms with Crippen LogP contribution in [0.25, 0.3) is 11.4 Å². The fraction of sp³-hybridized carbons (Fsp3) is 0.409. The van der Waals surface area contributed by atoms with E-state index in [-0.39, 0.29) is 17.6 Å². The Kier molecular flexibility index (Phi) is 6.90. The van der Waals surface area contributed by atoms with Crippen LogP contribution in [0.4, 0.5) is 13.2 Å². The molecule has 1 aliphatic heterocycles. The lowest BCUT2D eigenvalue weighted by atomic mass is 9.96. The first kappa shape index (κ1) is 22.5. The fourth-order valence-corrected chi connectivity index (χ4v) is 4.41. The van der Waals surface area contributed by atoms with Crippen LogP contribution in [0.3, 0.4) is 0 Å². The van der Waals surface area contributed by atoms with E-state index in [2.05, 4.69) is 26.4 Å². The van der Waals surface area contributed by atoms with E-state index in [0.717, 1.165) is 44.5 Å². The molecular formula is C22H23F3N4O2S. The minimum atomic E-state index is -4.38. The molecule has 0 saturated carbocycles. The summed E-state index contributed by atoms with van der Waals surface area (Å²) in [7, 11) is 0. The zero-order chi connectivity index (χ0) is 22.6. The maximum Gasteiger partial charge on any atom is 0.416 e. The molecule has 0 atom stereocenters. The second-order valence-corrected chi connectivity index (χ2v) is 8.79. The number of thiophene rings is 1. The van der Waals surface area contributed by atoms with Gasteiger partial charge in [0.05, 0.1) is 12.1 Å². The molecule has 2 aromatic heterocycles. The fourth-order valence-electron chi connectivity index (χ4n) is 3.70. The Bertz CT molecular complexity index is 1010. The summed E-state index contributed by atoms with van der Waals surface area (Å²) in [5.74, 6) is 0.760. The first-order chi connectivity index (χ1) is 15.4. The average molecular weight is 465 g/mol. The van der Waals surface area contributed by atoms with E-state index in [0.29, 0.717) is 24.5 Å². The highest BCUT2D eigenvalue weighted by Gasteiger charge is 2.30. The molecule has 1 saturated heterocycles. The molecular weight excluding hydrogens is 441 g/mol. The van der Waals surface area contributed by atoms with Gasteiger partial charge in [-0.15, -0.1) is 11.3 Å². The number of aromatic nitrogens is 2. The molecule has 4 rings (SSSR count). The molecule has 1 N–H and O–H groups in total. The third kappa shape index (κ3) is 5.74. The highest BCUT2D eigenvalue weighted by Crippen LogP contribution is 2.30. The van der Waals surface area contributed by atoms with Crippen molar-refractivity contribution in [2.45, 2.75) is 32.0 Å². The second-order valence-electron chi connectivity index (χ2n) is 7.76. The molecule has 6 nitrogen and oxygen atoms in total. The van der Waals surface area contributed by atoms with Crippen LogP contribution < -0.4 is 5.32 Å². The number of benzene rings is 1. The van der Waals surface area contributed by atoms with Crippen LogP contribution in [0.5, 0.6) is 0 Å². The summed E-state index contributed by atoms with van der Waals surface area (Å²) in [6.07, 6.45) is -2.02. The molecule has 10 heteroatoms. The molecule has 170 valence electrons. The van der Waals surface area contributed by atoms with Crippen molar-refractivity contribution in [1.82, 2.24) is 20.4 Å². The van der Waals surface area contributed by atoms with Crippen LogP contribution in [0, 0.1) is 5.92 Å². The van der Waals surface area contributed by atoms with Crippen molar-refractivity contribution in [3.05, 3.63) is 58.1 Å². The number of carbonyl (C=O) groups is 1. The SMILES string of the molecule is O=C(NCCc1cccs1)C1CCN(Cc2nc(-c3ccc(C(F)(F)F)cc3)no2)CC1. The van der Waals surface area contributed by atoms with E-state index in [9.17, 15) is 18.0 Å². The van der Waals surface area contributed by atoms with Gasteiger partial charge in [0.2, 0.25) is 17.6 Å². The summed E-state index contributed by atoms with van der Waals surface area (Å²) in [5.41, 5.74) is -0.255. The van der Waals surface area contributed by atoms with Gasteiger partial charge >= 0.3 is 6.18 Å². The topological polar surface area (TPSA) is 71.3 Å². The molecule has 1 aromatic carbocycles. The Labute approximate surface area is 187 Å². The largest absolute Gasteiger partial charge is 0.416 e. The van der Waals surface area contributed by atoms with Gasteiger partial charge in [-0.25, -0.2) is 0 Å². The monoisotopic (exact) mass is 464 g/mol. The standard InChI is InChI=1S/C22H23F3N4O2S/c23-22(24,25)17-5-3-15(4-6-17)20-27-19(31-28-20)14-29-11-8-16(9-12-29)21(30)26-10-7-18-2-1-13-32-18/h1-6,13,16H,7-12,14H2,(H,26,30). The Hall–Kier alpha value is -2.72. The molecule has 0 aliphatic carbocycles. The molecule has 1 fully saturated rings. The van der Waals surface area contributed by atoms with Gasteiger partial charge in [-0.2, -0.15) is 18.2 Å². The van der Waals surface area contributed by atoms with E-state index in [1.807, 2.05) is 11.4 Å². The van der Waals surface area contributed by atoms with Crippen LogP contribution in [0.2, 0.25) is 0 Å². The molecule has 0 spiro atoms. The third-order valence-corrected chi connectivity index (χ3v) is 6.44. The van der Waals surface area contributed by atoms with Gasteiger partial charge in [-0.05, 0) is 55.9 Å². The summed E-state index contributed by atoms with van der Waals surface area (Å²) in [6, 6.07) is 8.74. The Balaban J connectivity index is 1.23. The molecule has 3 heterocycles. The number of likely N-dealkylation sites (tertiary alicyclic amines) is 1. The van der Waals surface area contributed by atoms with Crippen molar-refractivity contribution in [1.29, 1.82) is 0 Å². The summed E-state index contributed by atoms with van der Waals surface area (Å²) in [6.45, 7) is 2.57. The van der Waals surface area contributed by atoms with E-state index in [4.69, 9.17) is 4.52 Å². The number of hydrogen-bond acceptors (Lipinski definition) is 6. The normalized spacial score (nSPS) is 15.7. The van der Waals surface area contributed by atoms with Gasteiger partial charge in [0.1, 0.15) is 0 Å². The van der Waals surface area contributed by atoms with Crippen molar-refractivity contribution in [2.24, 2.45) is 5.92 Å². The number of rotatable bonds is 7. The maximum absolute atomic E-state index is 12.7. The molecule has 3 aromatic rings. The third-order valence-electron chi connectivity index (χ3n) is 5.51. The van der Waals surface area contributed by atoms with E-state index < -0.39 is 11.7 Å². The zero-order valence-electron chi connectivity index (χ0n) is 17.3. The predicted octanol–water partition coefficient (Wildman–Crippen LogP) is 4.39. The lowest BCUT2D eigenvalue weighted by Gasteiger charge is -2.30. The number of carbonyl (C=O) groups excluding carboxylic acids is 1. The van der Waals surface area contributed by atoms with Gasteiger partial charge in [0.15, 0.2) is 0 Å². The van der Waals surface area contributed by atoms with Crippen LogP contribution in [0.1, 0.15) is 29.2 Å². The lowest BCUT2D eigenvalue weighted by molar-refractivity contribution is -0.137. The van der Waals surface area contributed by atoms with Crippen LogP contribution in [-0.4, -0.2) is 40.6 Å². The summed E-state index contributed by atoms with van der Waals surface area (Å²) in [5, 5.41) is 8.94. The number of amides is 1. The smallest absolute Gasteiger partial charge is 0.355 e. The zero-order valence-corrected chi connectivity index (χ0v) is 18.1. The number of nitrogens with one attached hydrogen (secondary N) is 1. The van der Waals surface area contributed by atoms with Crippen LogP contribution in [0.15, 0.2) is 46.3 Å². The molecule has 0 unspecified atom stereocenters. The number of alkyl halides is 3. The Morgan fingerprint density at radius 2 is 1.94 bits per heavy atom. The summed E-state index contributed by atoms with van der Waals surface area (Å²) < 4.78 is 43.4. The molecule has 0 radical (unpaired) electrons. The maximum atomic E-state index is 12.7. The van der Waals surface area contributed by atoms with E-state index >= 15 is 0 Å². The van der Waals surface area contributed by atoms with E-state index in [1.165, 1.54) is 17.0 Å². The minimum absolute atomic E-state index is 0.0000193. The summed E-state index contributed by atoms with van der Waals surface area (Å²) in [4.78, 5) is 20.1. The van der Waals surface area contributed by atoms with Gasteiger partial charge in [0, 0.05) is 22.9 Å². The first-order valence-corrected chi connectivity index (χ1v) is 11.3. The Morgan fingerprint density at radius 3 is 2.59 bits per heavy atom. The highest BCUT2D eigenvalue weighted by atomic mass is 32.1. The summed E-state index contributed by atoms with van der Waals surface area (Å²) >= 11 is 1.69. The molecule has 0 bridgehead atoms. The predicted molar refractivity (Wildman–Crippen MR) is 114 cm³/mol. The number of nitrogens with zero attached hydrogens (tertiary/aromatic N) is 3. The van der Waals surface area contributed by atoms with Gasteiger partial charge in [-0.1, -0.05) is 23.4 Å². The van der Waals surface area contributed by atoms with E-state index in [1.54, 1.807) is 11.3 Å². The highest BCUT2D eigenvalue weighted by molar-refractivity contribution is 7.09. The van der Waals surface area contributed by atoms with Crippen LogP contribution >= 0.6 is 11.3 Å². The Morgan fingerprint density at radius 1 is 1.19 bits per heavy atom. The van der Waals surface area contributed by atoms with Crippen molar-refractivity contribution >= 4 is 17.2 Å². The quantitative estimate of drug-likeness (QED) is 0.562. The molecule has 1 aliphatic rings. The number of piperidine rings is 1. The second kappa shape index (κ2) is 9.83. The van der Waals surface area contributed by atoms with Gasteiger partial charge in [-0.3, -0.25) is 9.69 Å². The van der Waals surface area contributed by atoms with Crippen molar-refractivity contribution in [2.75, 3.05) is 19.6 Å². The minimum Gasteiger partial charge on any atom is -0.355 e. The van der Waals surface area contributed by atoms with Gasteiger partial charge < -0.3 is 9.84 Å². The molecule has 1 amide bonds. The van der Waals surface area contributed by atoms with Gasteiger partial charge in [0.25, 0.3) is 0 Å². The first-order valence-electron chi connectivity index (χ1n) is 10.4. The van der Waals surface area contributed by atoms with Crippen LogP contribution in [-0.2, 0) is 23.9 Å². The van der Waals surface area contributed by atoms with Crippen molar-refractivity contribution in [3.8, 4) is 11.4 Å². The average Bonchev–Trinajstić information content (AvgIpc) is 3.46. The number of halogens is 3. The lowest BCUT2D eigenvalue weighted by Crippen LogP contribution is -2.40. The molecule has 32 heavy (non-hydrogen) atoms.